The summed E-state index contributed by atoms with van der Waals surface area (Å²) in [6.45, 7) is 5.46. The highest BCUT2D eigenvalue weighted by atomic mass is 32.2. The van der Waals surface area contributed by atoms with Crippen LogP contribution in [0.1, 0.15) is 16.7 Å². The van der Waals surface area contributed by atoms with Gasteiger partial charge >= 0.3 is 0 Å². The lowest BCUT2D eigenvalue weighted by Gasteiger charge is -2.17. The van der Waals surface area contributed by atoms with Gasteiger partial charge in [0.15, 0.2) is 0 Å². The van der Waals surface area contributed by atoms with Crippen molar-refractivity contribution in [3.63, 3.8) is 0 Å². The summed E-state index contributed by atoms with van der Waals surface area (Å²) in [7, 11) is -2.29. The molecule has 0 bridgehead atoms. The second kappa shape index (κ2) is 7.15. The molecule has 0 heterocycles. The van der Waals surface area contributed by atoms with Crippen molar-refractivity contribution < 1.29 is 13.2 Å². The van der Waals surface area contributed by atoms with Gasteiger partial charge in [-0.05, 0) is 50.1 Å². The molecular formula is C18H22N2O3S. The number of amides is 1. The minimum Gasteiger partial charge on any atom is -0.325 e. The number of anilines is 1. The number of aryl methyl sites for hydroxylation is 3. The van der Waals surface area contributed by atoms with Crippen molar-refractivity contribution in [1.29, 1.82) is 0 Å². The maximum atomic E-state index is 12.5. The van der Waals surface area contributed by atoms with Crippen LogP contribution in [0.4, 0.5) is 5.69 Å². The molecule has 0 aliphatic heterocycles. The number of sulfonamides is 1. The fourth-order valence-corrected chi connectivity index (χ4v) is 3.36. The van der Waals surface area contributed by atoms with Gasteiger partial charge in [0.1, 0.15) is 0 Å². The van der Waals surface area contributed by atoms with Crippen LogP contribution < -0.4 is 5.32 Å². The summed E-state index contributed by atoms with van der Waals surface area (Å²) in [4.78, 5) is 12.4. The second-order valence-corrected chi connectivity index (χ2v) is 7.99. The number of hydrogen-bond donors (Lipinski definition) is 1. The molecule has 0 saturated carbocycles. The van der Waals surface area contributed by atoms with E-state index in [0.717, 1.165) is 21.0 Å². The molecule has 24 heavy (non-hydrogen) atoms. The van der Waals surface area contributed by atoms with Gasteiger partial charge in [-0.25, -0.2) is 8.42 Å². The Morgan fingerprint density at radius 3 is 2.21 bits per heavy atom. The van der Waals surface area contributed by atoms with Gasteiger partial charge in [-0.1, -0.05) is 29.8 Å². The third-order valence-corrected chi connectivity index (χ3v) is 5.58. The van der Waals surface area contributed by atoms with Crippen molar-refractivity contribution >= 4 is 21.6 Å². The van der Waals surface area contributed by atoms with Crippen LogP contribution in [0.3, 0.4) is 0 Å². The van der Waals surface area contributed by atoms with Crippen LogP contribution in [0.25, 0.3) is 0 Å². The summed E-state index contributed by atoms with van der Waals surface area (Å²) in [5, 5.41) is 2.77. The van der Waals surface area contributed by atoms with E-state index in [1.807, 2.05) is 39.0 Å². The van der Waals surface area contributed by atoms with Gasteiger partial charge in [-0.15, -0.1) is 0 Å². The van der Waals surface area contributed by atoms with Crippen LogP contribution >= 0.6 is 0 Å². The van der Waals surface area contributed by atoms with Crippen molar-refractivity contribution in [2.75, 3.05) is 18.9 Å². The Morgan fingerprint density at radius 2 is 1.58 bits per heavy atom. The molecule has 0 aliphatic carbocycles. The summed E-state index contributed by atoms with van der Waals surface area (Å²) < 4.78 is 26.1. The van der Waals surface area contributed by atoms with E-state index in [2.05, 4.69) is 5.32 Å². The first-order valence-electron chi connectivity index (χ1n) is 7.60. The Bertz CT molecular complexity index is 843. The maximum Gasteiger partial charge on any atom is 0.243 e. The predicted octanol–water partition coefficient (Wildman–Crippen LogP) is 2.87. The Labute approximate surface area is 143 Å². The molecule has 0 aromatic heterocycles. The Balaban J connectivity index is 2.10. The highest BCUT2D eigenvalue weighted by molar-refractivity contribution is 7.89. The first kappa shape index (κ1) is 18.2. The molecule has 0 atom stereocenters. The van der Waals surface area contributed by atoms with Gasteiger partial charge in [0.25, 0.3) is 0 Å². The van der Waals surface area contributed by atoms with E-state index in [-0.39, 0.29) is 17.3 Å². The number of benzene rings is 2. The van der Waals surface area contributed by atoms with E-state index in [1.54, 1.807) is 24.3 Å². The number of nitrogens with one attached hydrogen (secondary N) is 1. The number of carbonyl (C=O) groups is 1. The van der Waals surface area contributed by atoms with Crippen LogP contribution in [0.2, 0.25) is 0 Å². The first-order chi connectivity index (χ1) is 11.2. The van der Waals surface area contributed by atoms with Gasteiger partial charge in [-0.3, -0.25) is 4.79 Å². The number of rotatable bonds is 5. The molecule has 0 fully saturated rings. The van der Waals surface area contributed by atoms with Crippen molar-refractivity contribution in [1.82, 2.24) is 4.31 Å². The summed E-state index contributed by atoms with van der Waals surface area (Å²) >= 11 is 0. The van der Waals surface area contributed by atoms with Crippen molar-refractivity contribution in [2.24, 2.45) is 0 Å². The third-order valence-electron chi connectivity index (χ3n) is 3.76. The van der Waals surface area contributed by atoms with Crippen LogP contribution in [0.15, 0.2) is 47.4 Å². The van der Waals surface area contributed by atoms with Gasteiger partial charge in [0.2, 0.25) is 15.9 Å². The SMILES string of the molecule is Cc1ccc(S(=O)(=O)N(C)CC(=O)Nc2cc(C)ccc2C)cc1. The average Bonchev–Trinajstić information content (AvgIpc) is 2.51. The molecule has 6 heteroatoms. The number of hydrogen-bond acceptors (Lipinski definition) is 3. The van der Waals surface area contributed by atoms with Gasteiger partial charge in [-0.2, -0.15) is 4.31 Å². The normalized spacial score (nSPS) is 11.5. The molecule has 5 nitrogen and oxygen atoms in total. The standard InChI is InChI=1S/C18H22N2O3S/c1-13-6-9-16(10-7-13)24(22,23)20(4)12-18(21)19-17-11-14(2)5-8-15(17)3/h5-11H,12H2,1-4H3,(H,19,21). The van der Waals surface area contributed by atoms with E-state index in [0.29, 0.717) is 5.69 Å². The summed E-state index contributed by atoms with van der Waals surface area (Å²) in [6.07, 6.45) is 0. The maximum absolute atomic E-state index is 12.5. The zero-order valence-electron chi connectivity index (χ0n) is 14.3. The lowest BCUT2D eigenvalue weighted by Crippen LogP contribution is -2.35. The topological polar surface area (TPSA) is 66.5 Å². The van der Waals surface area contributed by atoms with Crippen LogP contribution in [0.5, 0.6) is 0 Å². The van der Waals surface area contributed by atoms with Crippen LogP contribution in [-0.4, -0.2) is 32.2 Å². The molecule has 2 aromatic rings. The van der Waals surface area contributed by atoms with Crippen molar-refractivity contribution in [3.05, 3.63) is 59.2 Å². The number of likely N-dealkylation sites (N-methyl/N-ethyl adjacent to an activating group) is 1. The largest absolute Gasteiger partial charge is 0.325 e. The minimum absolute atomic E-state index is 0.176. The van der Waals surface area contributed by atoms with Crippen molar-refractivity contribution in [2.45, 2.75) is 25.7 Å². The lowest BCUT2D eigenvalue weighted by molar-refractivity contribution is -0.116. The fraction of sp³-hybridized carbons (Fsp3) is 0.278. The highest BCUT2D eigenvalue weighted by Gasteiger charge is 2.23. The number of nitrogens with zero attached hydrogens (tertiary/aromatic N) is 1. The van der Waals surface area contributed by atoms with Crippen LogP contribution in [-0.2, 0) is 14.8 Å². The zero-order valence-corrected chi connectivity index (χ0v) is 15.1. The summed E-state index contributed by atoms with van der Waals surface area (Å²) in [5.74, 6) is -0.373. The highest BCUT2D eigenvalue weighted by Crippen LogP contribution is 2.18. The third kappa shape index (κ3) is 4.21. The molecule has 0 aliphatic rings. The van der Waals surface area contributed by atoms with Crippen molar-refractivity contribution in [3.8, 4) is 0 Å². The molecule has 0 radical (unpaired) electrons. The monoisotopic (exact) mass is 346 g/mol. The molecule has 2 rings (SSSR count). The molecule has 0 unspecified atom stereocenters. The van der Waals surface area contributed by atoms with Gasteiger partial charge < -0.3 is 5.32 Å². The molecule has 1 amide bonds. The molecule has 2 aromatic carbocycles. The zero-order chi connectivity index (χ0) is 17.9. The Hall–Kier alpha value is -2.18. The Kier molecular flexibility index (Phi) is 5.41. The lowest BCUT2D eigenvalue weighted by atomic mass is 10.1. The molecule has 128 valence electrons. The van der Waals surface area contributed by atoms with E-state index in [4.69, 9.17) is 0 Å². The van der Waals surface area contributed by atoms with E-state index in [9.17, 15) is 13.2 Å². The van der Waals surface area contributed by atoms with Crippen LogP contribution in [0, 0.1) is 20.8 Å². The smallest absolute Gasteiger partial charge is 0.243 e. The summed E-state index contributed by atoms with van der Waals surface area (Å²) in [6, 6.07) is 12.3. The predicted molar refractivity (Wildman–Crippen MR) is 95.5 cm³/mol. The van der Waals surface area contributed by atoms with E-state index < -0.39 is 10.0 Å². The Morgan fingerprint density at radius 1 is 1.00 bits per heavy atom. The summed E-state index contributed by atoms with van der Waals surface area (Å²) in [5.41, 5.74) is 3.62. The molecule has 1 N–H and O–H groups in total. The minimum atomic E-state index is -3.69. The first-order valence-corrected chi connectivity index (χ1v) is 9.04. The number of carbonyl (C=O) groups excluding carboxylic acids is 1. The second-order valence-electron chi connectivity index (χ2n) is 5.94. The average molecular weight is 346 g/mol. The van der Waals surface area contributed by atoms with Gasteiger partial charge in [0, 0.05) is 12.7 Å². The fourth-order valence-electron chi connectivity index (χ4n) is 2.24. The molecule has 0 spiro atoms. The van der Waals surface area contributed by atoms with Gasteiger partial charge in [0.05, 0.1) is 11.4 Å². The quantitative estimate of drug-likeness (QED) is 0.905. The van der Waals surface area contributed by atoms with E-state index >= 15 is 0 Å². The van der Waals surface area contributed by atoms with E-state index in [1.165, 1.54) is 7.05 Å². The molecular weight excluding hydrogens is 324 g/mol. The molecule has 0 saturated heterocycles.